The highest BCUT2D eigenvalue weighted by molar-refractivity contribution is 5.81. The van der Waals surface area contributed by atoms with Crippen molar-refractivity contribution in [1.29, 1.82) is 0 Å². The van der Waals surface area contributed by atoms with Crippen molar-refractivity contribution in [2.45, 2.75) is 136 Å². The van der Waals surface area contributed by atoms with Crippen molar-refractivity contribution in [3.63, 3.8) is 0 Å². The first-order valence-electron chi connectivity index (χ1n) is 19.0. The van der Waals surface area contributed by atoms with Gasteiger partial charge in [0.15, 0.2) is 6.29 Å². The van der Waals surface area contributed by atoms with Gasteiger partial charge in [-0.05, 0) is 122 Å². The number of esters is 1. The number of hydrogen-bond acceptors (Lipinski definition) is 7. The number of rotatable bonds is 6. The molecule has 2 saturated heterocycles. The van der Waals surface area contributed by atoms with E-state index in [4.69, 9.17) is 18.9 Å². The SMILES string of the molecule is COC(=O)C=C[C@H]1C[C@@H](C)C2[C@H](O1)[C@H](O)[C@@]1(C)[C@@H]3CC[C@H]4C(C)(C)C(OC5CN(C(=O)CC6CC6)CCO5)CCC45C[C@@]35CC[C@]21C. The van der Waals surface area contributed by atoms with E-state index < -0.39 is 6.10 Å². The molecule has 0 bridgehead atoms. The molecule has 8 heteroatoms. The van der Waals surface area contributed by atoms with E-state index in [1.165, 1.54) is 51.7 Å². The fraction of sp³-hybridized carbons (Fsp3) is 0.897. The summed E-state index contributed by atoms with van der Waals surface area (Å²) < 4.78 is 24.5. The number of aliphatic hydroxyl groups is 1. The van der Waals surface area contributed by atoms with Crippen LogP contribution < -0.4 is 0 Å². The monoisotopic (exact) mass is 653 g/mol. The van der Waals surface area contributed by atoms with Gasteiger partial charge in [0.05, 0.1) is 44.7 Å². The van der Waals surface area contributed by atoms with Crippen LogP contribution in [0.2, 0.25) is 0 Å². The van der Waals surface area contributed by atoms with Gasteiger partial charge >= 0.3 is 5.97 Å². The highest BCUT2D eigenvalue weighted by Gasteiger charge is 2.84. The smallest absolute Gasteiger partial charge is 0.330 e. The minimum absolute atomic E-state index is 0.0109. The van der Waals surface area contributed by atoms with Crippen LogP contribution in [-0.2, 0) is 28.5 Å². The zero-order valence-corrected chi connectivity index (χ0v) is 29.7. The van der Waals surface area contributed by atoms with Gasteiger partial charge in [-0.3, -0.25) is 4.79 Å². The summed E-state index contributed by atoms with van der Waals surface area (Å²) in [5, 5.41) is 12.4. The lowest BCUT2D eigenvalue weighted by atomic mass is 9.41. The Morgan fingerprint density at radius 3 is 2.49 bits per heavy atom. The number of carbonyl (C=O) groups excluding carboxylic acids is 2. The van der Waals surface area contributed by atoms with Gasteiger partial charge in [0.2, 0.25) is 5.91 Å². The van der Waals surface area contributed by atoms with Crippen LogP contribution >= 0.6 is 0 Å². The molecular weight excluding hydrogens is 594 g/mol. The first-order chi connectivity index (χ1) is 22.3. The largest absolute Gasteiger partial charge is 0.466 e. The Bertz CT molecular complexity index is 1310. The average Bonchev–Trinajstić information content (AvgIpc) is 3.96. The van der Waals surface area contributed by atoms with Crippen molar-refractivity contribution in [1.82, 2.24) is 4.90 Å². The third-order valence-corrected chi connectivity index (χ3v) is 16.3. The van der Waals surface area contributed by atoms with E-state index in [1.54, 1.807) is 0 Å². The van der Waals surface area contributed by atoms with Crippen molar-refractivity contribution >= 4 is 11.9 Å². The topological polar surface area (TPSA) is 94.5 Å². The maximum Gasteiger partial charge on any atom is 0.330 e. The molecule has 0 aromatic rings. The summed E-state index contributed by atoms with van der Waals surface area (Å²) >= 11 is 0. The number of ether oxygens (including phenoxy) is 4. The molecule has 13 atom stereocenters. The Labute approximate surface area is 281 Å². The van der Waals surface area contributed by atoms with Crippen LogP contribution in [0.1, 0.15) is 105 Å². The van der Waals surface area contributed by atoms with E-state index in [2.05, 4.69) is 34.6 Å². The first kappa shape index (κ1) is 32.7. The second-order valence-electron chi connectivity index (χ2n) is 18.3. The summed E-state index contributed by atoms with van der Waals surface area (Å²) in [4.78, 5) is 26.7. The summed E-state index contributed by atoms with van der Waals surface area (Å²) in [6.45, 7) is 13.9. The lowest BCUT2D eigenvalue weighted by Crippen LogP contribution is -2.60. The predicted molar refractivity (Wildman–Crippen MR) is 176 cm³/mol. The molecule has 8 nitrogen and oxygen atoms in total. The van der Waals surface area contributed by atoms with Gasteiger partial charge in [-0.1, -0.05) is 34.6 Å². The highest BCUT2D eigenvalue weighted by atomic mass is 16.7. The number of methoxy groups -OCH3 is 1. The lowest BCUT2D eigenvalue weighted by molar-refractivity contribution is -0.248. The van der Waals surface area contributed by atoms with Gasteiger partial charge in [0, 0.05) is 24.5 Å². The molecule has 2 aliphatic heterocycles. The van der Waals surface area contributed by atoms with E-state index >= 15 is 0 Å². The summed E-state index contributed by atoms with van der Waals surface area (Å²) in [5.74, 6) is 2.26. The van der Waals surface area contributed by atoms with Crippen molar-refractivity contribution in [3.05, 3.63) is 12.2 Å². The first-order valence-corrected chi connectivity index (χ1v) is 19.0. The molecule has 2 heterocycles. The number of carbonyl (C=O) groups is 2. The van der Waals surface area contributed by atoms with Gasteiger partial charge in [0.25, 0.3) is 0 Å². The molecule has 0 aromatic heterocycles. The third-order valence-electron chi connectivity index (χ3n) is 16.3. The van der Waals surface area contributed by atoms with Gasteiger partial charge in [-0.2, -0.15) is 0 Å². The molecule has 0 aromatic carbocycles. The standard InChI is InChI=1S/C39H59NO7/c1-23-19-25(9-12-30(42)44-6)46-33-32(23)36(4)15-16-39-22-38(39)14-13-28(35(2,3)26(38)10-11-27(39)37(36,5)34(33)43)47-31-21-40(17-18-45-31)29(41)20-24-7-8-24/h9,12,23-28,31-34,43H,7-8,10-11,13-22H2,1-6H3/t23-,25+,26+,27+,28?,31?,32?,33+,34+,36-,37-,38?,39+/m1/s1. The Morgan fingerprint density at radius 2 is 1.74 bits per heavy atom. The fourth-order valence-corrected chi connectivity index (χ4v) is 13.7. The molecule has 8 rings (SSSR count). The molecule has 6 saturated carbocycles. The van der Waals surface area contributed by atoms with Crippen molar-refractivity contribution < 1.29 is 33.6 Å². The number of amides is 1. The number of fused-ring (bicyclic) bond motifs is 4. The molecule has 8 aliphatic rings. The van der Waals surface area contributed by atoms with Crippen LogP contribution in [0, 0.1) is 56.7 Å². The van der Waals surface area contributed by atoms with Crippen molar-refractivity contribution in [2.24, 2.45) is 56.7 Å². The zero-order valence-electron chi connectivity index (χ0n) is 29.7. The van der Waals surface area contributed by atoms with Crippen LogP contribution in [0.25, 0.3) is 0 Å². The molecule has 4 unspecified atom stereocenters. The molecule has 2 spiro atoms. The minimum Gasteiger partial charge on any atom is -0.466 e. The molecule has 0 radical (unpaired) electrons. The van der Waals surface area contributed by atoms with E-state index in [-0.39, 0.29) is 58.1 Å². The van der Waals surface area contributed by atoms with E-state index in [0.717, 1.165) is 25.7 Å². The second kappa shape index (κ2) is 11.0. The molecule has 1 N–H and O–H groups in total. The Balaban J connectivity index is 0.997. The van der Waals surface area contributed by atoms with E-state index in [9.17, 15) is 14.7 Å². The molecular formula is C39H59NO7. The van der Waals surface area contributed by atoms with Crippen molar-refractivity contribution in [2.75, 3.05) is 26.8 Å². The summed E-state index contributed by atoms with van der Waals surface area (Å²) in [6.07, 6.45) is 14.3. The Kier molecular flexibility index (Phi) is 7.66. The normalized spacial score (nSPS) is 51.3. The van der Waals surface area contributed by atoms with E-state index in [0.29, 0.717) is 61.1 Å². The molecule has 1 amide bonds. The van der Waals surface area contributed by atoms with Crippen LogP contribution in [-0.4, -0.2) is 79.4 Å². The van der Waals surface area contributed by atoms with Gasteiger partial charge in [-0.25, -0.2) is 4.79 Å². The lowest BCUT2D eigenvalue weighted by Gasteiger charge is -2.63. The number of nitrogens with zero attached hydrogens (tertiary/aromatic N) is 1. The fourth-order valence-electron chi connectivity index (χ4n) is 13.7. The maximum atomic E-state index is 12.9. The highest BCUT2D eigenvalue weighted by Crippen LogP contribution is 2.89. The summed E-state index contributed by atoms with van der Waals surface area (Å²) in [6, 6.07) is 0. The minimum atomic E-state index is -0.521. The quantitative estimate of drug-likeness (QED) is 0.282. The Hall–Kier alpha value is -1.48. The van der Waals surface area contributed by atoms with Crippen molar-refractivity contribution in [3.8, 4) is 0 Å². The molecule has 47 heavy (non-hydrogen) atoms. The second-order valence-corrected chi connectivity index (χ2v) is 18.3. The molecule has 262 valence electrons. The van der Waals surface area contributed by atoms with Crippen LogP contribution in [0.15, 0.2) is 12.2 Å². The van der Waals surface area contributed by atoms with E-state index in [1.807, 2.05) is 11.0 Å². The van der Waals surface area contributed by atoms with Gasteiger partial charge < -0.3 is 29.0 Å². The molecule has 6 aliphatic carbocycles. The number of hydrogen-bond donors (Lipinski definition) is 1. The Morgan fingerprint density at radius 1 is 1.00 bits per heavy atom. The number of morpholine rings is 1. The maximum absolute atomic E-state index is 12.9. The summed E-state index contributed by atoms with van der Waals surface area (Å²) in [5.41, 5.74) is 0.402. The van der Waals surface area contributed by atoms with Crippen LogP contribution in [0.5, 0.6) is 0 Å². The zero-order chi connectivity index (χ0) is 33.1. The van der Waals surface area contributed by atoms with Crippen LogP contribution in [0.4, 0.5) is 0 Å². The summed E-state index contributed by atoms with van der Waals surface area (Å²) in [7, 11) is 1.40. The number of aliphatic hydroxyl groups excluding tert-OH is 1. The third kappa shape index (κ3) is 4.58. The van der Waals surface area contributed by atoms with Crippen LogP contribution in [0.3, 0.4) is 0 Å². The van der Waals surface area contributed by atoms with Gasteiger partial charge in [-0.15, -0.1) is 0 Å². The average molecular weight is 654 g/mol. The van der Waals surface area contributed by atoms with Gasteiger partial charge in [0.1, 0.15) is 0 Å². The molecule has 8 fully saturated rings. The predicted octanol–water partition coefficient (Wildman–Crippen LogP) is 5.90.